The van der Waals surface area contributed by atoms with E-state index in [4.69, 9.17) is 20.0 Å². The zero-order chi connectivity index (χ0) is 29.0. The van der Waals surface area contributed by atoms with E-state index in [1.807, 2.05) is 48.5 Å². The Morgan fingerprint density at radius 1 is 0.205 bits per heavy atom. The highest BCUT2D eigenvalue weighted by Gasteiger charge is 2.13. The zero-order valence-corrected chi connectivity index (χ0v) is 23.6. The Kier molecular flexibility index (Phi) is 5.47. The molecule has 8 aromatic carbocycles. The fourth-order valence-corrected chi connectivity index (χ4v) is 6.45. The molecule has 1 aliphatic heterocycles. The van der Waals surface area contributed by atoms with Gasteiger partial charge in [0.15, 0.2) is 0 Å². The molecule has 0 atom stereocenters. The summed E-state index contributed by atoms with van der Waals surface area (Å²) < 4.78 is 0. The van der Waals surface area contributed by atoms with Crippen LogP contribution in [0.1, 0.15) is 0 Å². The first-order valence-corrected chi connectivity index (χ1v) is 14.8. The normalized spacial score (nSPS) is 12.4. The molecular weight excluding hydrogens is 536 g/mol. The Morgan fingerprint density at radius 3 is 0.614 bits per heavy atom. The van der Waals surface area contributed by atoms with Crippen LogP contribution >= 0.6 is 0 Å². The van der Waals surface area contributed by atoms with Crippen molar-refractivity contribution in [3.05, 3.63) is 167 Å². The first-order chi connectivity index (χ1) is 21.8. The van der Waals surface area contributed by atoms with Crippen LogP contribution in [0.5, 0.6) is 0 Å². The average molecular weight is 561 g/mol. The SMILES string of the molecule is c1ccc2c(c1)N=c1c(c3ccccc3c3ccccc13)=Nc1ccccc1N=c1c(c3ccccc3c3ccccc13)=N2. The van der Waals surface area contributed by atoms with Crippen molar-refractivity contribution in [1.82, 2.24) is 0 Å². The van der Waals surface area contributed by atoms with Crippen molar-refractivity contribution in [2.45, 2.75) is 0 Å². The van der Waals surface area contributed by atoms with E-state index in [0.29, 0.717) is 0 Å². The van der Waals surface area contributed by atoms with Gasteiger partial charge in [-0.1, -0.05) is 121 Å². The molecule has 204 valence electrons. The predicted octanol–water partition coefficient (Wildman–Crippen LogP) is 8.42. The minimum absolute atomic E-state index is 0.779. The number of para-hydroxylation sites is 4. The molecule has 0 fully saturated rings. The summed E-state index contributed by atoms with van der Waals surface area (Å²) in [6.07, 6.45) is 0. The minimum atomic E-state index is 0.779. The van der Waals surface area contributed by atoms with Gasteiger partial charge in [0.25, 0.3) is 0 Å². The minimum Gasteiger partial charge on any atom is -0.244 e. The van der Waals surface area contributed by atoms with Gasteiger partial charge in [0.1, 0.15) is 0 Å². The first kappa shape index (κ1) is 24.6. The molecular formula is C40H24N4. The maximum Gasteiger partial charge on any atom is 0.0979 e. The van der Waals surface area contributed by atoms with Crippen molar-refractivity contribution in [3.63, 3.8) is 0 Å². The lowest BCUT2D eigenvalue weighted by atomic mass is 10.00. The van der Waals surface area contributed by atoms with Crippen molar-refractivity contribution in [3.8, 4) is 0 Å². The van der Waals surface area contributed by atoms with E-state index in [0.717, 1.165) is 87.3 Å². The van der Waals surface area contributed by atoms with Crippen LogP contribution in [0.4, 0.5) is 22.7 Å². The number of nitrogens with zero attached hydrogens (tertiary/aromatic N) is 4. The second-order valence-corrected chi connectivity index (χ2v) is 11.0. The van der Waals surface area contributed by atoms with Crippen LogP contribution < -0.4 is 21.4 Å². The highest BCUT2D eigenvalue weighted by atomic mass is 14.9. The summed E-state index contributed by atoms with van der Waals surface area (Å²) >= 11 is 0. The maximum absolute atomic E-state index is 5.39. The number of hydrogen-bond acceptors (Lipinski definition) is 4. The highest BCUT2D eigenvalue weighted by molar-refractivity contribution is 6.08. The van der Waals surface area contributed by atoms with E-state index >= 15 is 0 Å². The molecule has 0 amide bonds. The van der Waals surface area contributed by atoms with E-state index in [-0.39, 0.29) is 0 Å². The second-order valence-electron chi connectivity index (χ2n) is 11.0. The van der Waals surface area contributed by atoms with Crippen molar-refractivity contribution in [1.29, 1.82) is 0 Å². The van der Waals surface area contributed by atoms with E-state index in [9.17, 15) is 0 Å². The molecule has 0 spiro atoms. The standard InChI is InChI=1S/C40H24N4/c1-5-17-29-25(13-1)26-14-2-6-18-30(26)38-37(29)41-33-21-9-10-22-34(33)43-39-31-19-7-3-15-27(31)28-16-4-8-20-32(28)40(39)44-36-24-12-11-23-35(36)42-38/h1-24H. The van der Waals surface area contributed by atoms with E-state index in [2.05, 4.69) is 97.1 Å². The summed E-state index contributed by atoms with van der Waals surface area (Å²) in [5, 5.41) is 12.0. The van der Waals surface area contributed by atoms with Gasteiger partial charge in [-0.05, 0) is 45.8 Å². The van der Waals surface area contributed by atoms with Crippen LogP contribution in [0.15, 0.2) is 166 Å². The molecule has 0 radical (unpaired) electrons. The molecule has 1 aliphatic rings. The molecule has 0 N–H and O–H groups in total. The number of fused-ring (bicyclic) bond motifs is 14. The third kappa shape index (κ3) is 3.78. The summed E-state index contributed by atoms with van der Waals surface area (Å²) in [6, 6.07) is 50.0. The van der Waals surface area contributed by atoms with Gasteiger partial charge in [0.2, 0.25) is 0 Å². The van der Waals surface area contributed by atoms with E-state index in [1.54, 1.807) is 0 Å². The van der Waals surface area contributed by atoms with Crippen LogP contribution in [-0.2, 0) is 0 Å². The van der Waals surface area contributed by atoms with Gasteiger partial charge in [0, 0.05) is 21.5 Å². The van der Waals surface area contributed by atoms with Gasteiger partial charge in [0.05, 0.1) is 44.2 Å². The summed E-state index contributed by atoms with van der Waals surface area (Å²) in [7, 11) is 0. The fourth-order valence-electron chi connectivity index (χ4n) is 6.45. The smallest absolute Gasteiger partial charge is 0.0979 e. The molecule has 1 heterocycles. The van der Waals surface area contributed by atoms with Crippen LogP contribution in [-0.4, -0.2) is 0 Å². The van der Waals surface area contributed by atoms with Crippen LogP contribution in [0.3, 0.4) is 0 Å². The molecule has 0 aromatic heterocycles. The summed E-state index contributed by atoms with van der Waals surface area (Å²) in [4.78, 5) is 21.5. The monoisotopic (exact) mass is 560 g/mol. The van der Waals surface area contributed by atoms with Crippen LogP contribution in [0, 0.1) is 0 Å². The molecule has 0 aliphatic carbocycles. The summed E-state index contributed by atoms with van der Waals surface area (Å²) in [6.45, 7) is 0. The lowest BCUT2D eigenvalue weighted by Crippen LogP contribution is -2.28. The van der Waals surface area contributed by atoms with Gasteiger partial charge < -0.3 is 0 Å². The van der Waals surface area contributed by atoms with E-state index in [1.165, 1.54) is 0 Å². The Morgan fingerprint density at radius 2 is 0.386 bits per heavy atom. The molecule has 4 nitrogen and oxygen atoms in total. The Labute approximate surface area is 252 Å². The average Bonchev–Trinajstić information content (AvgIpc) is 3.08. The van der Waals surface area contributed by atoms with Gasteiger partial charge >= 0.3 is 0 Å². The van der Waals surface area contributed by atoms with Crippen LogP contribution in [0.2, 0.25) is 0 Å². The van der Waals surface area contributed by atoms with Crippen molar-refractivity contribution in [2.24, 2.45) is 20.0 Å². The third-order valence-electron chi connectivity index (χ3n) is 8.45. The lowest BCUT2D eigenvalue weighted by Gasteiger charge is -2.10. The molecule has 0 saturated carbocycles. The van der Waals surface area contributed by atoms with Gasteiger partial charge in [-0.2, -0.15) is 0 Å². The molecule has 9 rings (SSSR count). The van der Waals surface area contributed by atoms with Gasteiger partial charge in [-0.15, -0.1) is 0 Å². The molecule has 8 aromatic rings. The second kappa shape index (κ2) is 9.79. The van der Waals surface area contributed by atoms with Gasteiger partial charge in [-0.3, -0.25) is 0 Å². The number of benzene rings is 8. The lowest BCUT2D eigenvalue weighted by molar-refractivity contribution is 1.21. The Bertz CT molecular complexity index is 2350. The first-order valence-electron chi connectivity index (χ1n) is 14.8. The molecule has 44 heavy (non-hydrogen) atoms. The van der Waals surface area contributed by atoms with Crippen molar-refractivity contribution >= 4 is 65.8 Å². The summed E-state index contributed by atoms with van der Waals surface area (Å²) in [5.41, 5.74) is 3.12. The van der Waals surface area contributed by atoms with Crippen molar-refractivity contribution < 1.29 is 0 Å². The van der Waals surface area contributed by atoms with E-state index < -0.39 is 0 Å². The highest BCUT2D eigenvalue weighted by Crippen LogP contribution is 2.31. The van der Waals surface area contributed by atoms with Gasteiger partial charge in [-0.25, -0.2) is 20.0 Å². The molecule has 0 unspecified atom stereocenters. The zero-order valence-electron chi connectivity index (χ0n) is 23.6. The summed E-state index contributed by atoms with van der Waals surface area (Å²) in [5.74, 6) is 0. The maximum atomic E-state index is 5.39. The quantitative estimate of drug-likeness (QED) is 0.167. The topological polar surface area (TPSA) is 49.4 Å². The molecule has 4 heteroatoms. The Hall–Kier alpha value is -6.00. The predicted molar refractivity (Wildman–Crippen MR) is 179 cm³/mol. The Balaban J connectivity index is 1.58. The molecule has 0 bridgehead atoms. The van der Waals surface area contributed by atoms with Crippen molar-refractivity contribution in [2.75, 3.05) is 0 Å². The third-order valence-corrected chi connectivity index (χ3v) is 8.45. The largest absolute Gasteiger partial charge is 0.244 e. The molecule has 0 saturated heterocycles. The number of rotatable bonds is 0. The van der Waals surface area contributed by atoms with Crippen LogP contribution in [0.25, 0.3) is 43.1 Å². The fraction of sp³-hybridized carbons (Fsp3) is 0. The number of hydrogen-bond donors (Lipinski definition) is 0.